The second-order valence-electron chi connectivity index (χ2n) is 8.52. The molecule has 1 fully saturated rings. The molecule has 1 aliphatic carbocycles. The van der Waals surface area contributed by atoms with Gasteiger partial charge in [-0.3, -0.25) is 4.79 Å². The highest BCUT2D eigenvalue weighted by Crippen LogP contribution is 2.47. The van der Waals surface area contributed by atoms with Crippen molar-refractivity contribution >= 4 is 27.6 Å². The number of carbonyl (C=O) groups is 1. The van der Waals surface area contributed by atoms with Gasteiger partial charge < -0.3 is 15.2 Å². The number of sulfonamides is 1. The van der Waals surface area contributed by atoms with Crippen LogP contribution in [0.25, 0.3) is 11.1 Å². The SMILES string of the molecule is COc1cc(-c2cccc3c2CC(C(=O)O)C3S(=O)(=O)N2C(C)CNCC2C)ccc1Cl. The minimum atomic E-state index is -3.92. The quantitative estimate of drug-likeness (QED) is 0.684. The lowest BCUT2D eigenvalue weighted by Crippen LogP contribution is -2.58. The Hall–Kier alpha value is -2.13. The summed E-state index contributed by atoms with van der Waals surface area (Å²) in [6, 6.07) is 10.2. The van der Waals surface area contributed by atoms with Crippen LogP contribution in [0.15, 0.2) is 36.4 Å². The number of nitrogens with zero attached hydrogens (tertiary/aromatic N) is 1. The lowest BCUT2D eigenvalue weighted by Gasteiger charge is -2.40. The number of ether oxygens (including phenoxy) is 1. The molecule has 1 aliphatic heterocycles. The number of carboxylic acid groups (broad SMARTS) is 1. The Morgan fingerprint density at radius 1 is 1.19 bits per heavy atom. The van der Waals surface area contributed by atoms with Crippen molar-refractivity contribution in [2.75, 3.05) is 20.2 Å². The molecule has 9 heteroatoms. The molecular formula is C23H27ClN2O5S. The molecular weight excluding hydrogens is 452 g/mol. The molecule has 2 aromatic carbocycles. The number of piperazine rings is 1. The van der Waals surface area contributed by atoms with Gasteiger partial charge in [0, 0.05) is 25.2 Å². The molecule has 0 aromatic heterocycles. The molecule has 1 heterocycles. The van der Waals surface area contributed by atoms with Crippen molar-refractivity contribution < 1.29 is 23.1 Å². The van der Waals surface area contributed by atoms with Crippen molar-refractivity contribution in [3.8, 4) is 16.9 Å². The molecule has 4 rings (SSSR count). The third kappa shape index (κ3) is 3.79. The Morgan fingerprint density at radius 3 is 2.50 bits per heavy atom. The van der Waals surface area contributed by atoms with Crippen molar-refractivity contribution in [3.63, 3.8) is 0 Å². The number of aliphatic carboxylic acids is 1. The molecule has 0 spiro atoms. The highest BCUT2D eigenvalue weighted by atomic mass is 35.5. The number of halogens is 1. The molecule has 172 valence electrons. The number of benzene rings is 2. The minimum Gasteiger partial charge on any atom is -0.495 e. The minimum absolute atomic E-state index is 0.143. The summed E-state index contributed by atoms with van der Waals surface area (Å²) in [6.45, 7) is 4.77. The van der Waals surface area contributed by atoms with Gasteiger partial charge in [-0.25, -0.2) is 8.42 Å². The van der Waals surface area contributed by atoms with E-state index >= 15 is 0 Å². The van der Waals surface area contributed by atoms with Gasteiger partial charge in [-0.15, -0.1) is 0 Å². The second kappa shape index (κ2) is 8.67. The average Bonchev–Trinajstić information content (AvgIpc) is 3.15. The van der Waals surface area contributed by atoms with Crippen LogP contribution in [0.5, 0.6) is 5.75 Å². The molecule has 0 radical (unpaired) electrons. The molecule has 0 amide bonds. The van der Waals surface area contributed by atoms with E-state index in [-0.39, 0.29) is 18.5 Å². The van der Waals surface area contributed by atoms with E-state index in [9.17, 15) is 18.3 Å². The summed E-state index contributed by atoms with van der Waals surface area (Å²) in [4.78, 5) is 12.2. The lowest BCUT2D eigenvalue weighted by molar-refractivity contribution is -0.141. The van der Waals surface area contributed by atoms with Gasteiger partial charge in [-0.1, -0.05) is 35.9 Å². The van der Waals surface area contributed by atoms with Gasteiger partial charge in [0.1, 0.15) is 11.0 Å². The van der Waals surface area contributed by atoms with Gasteiger partial charge in [-0.2, -0.15) is 4.31 Å². The first-order chi connectivity index (χ1) is 15.2. The molecule has 2 aromatic rings. The monoisotopic (exact) mass is 478 g/mol. The van der Waals surface area contributed by atoms with Crippen molar-refractivity contribution in [2.24, 2.45) is 5.92 Å². The number of hydrogen-bond acceptors (Lipinski definition) is 5. The topological polar surface area (TPSA) is 95.9 Å². The normalized spacial score (nSPS) is 26.0. The van der Waals surface area contributed by atoms with E-state index in [0.717, 1.165) is 16.7 Å². The fourth-order valence-electron chi connectivity index (χ4n) is 5.07. The van der Waals surface area contributed by atoms with Crippen LogP contribution in [0.4, 0.5) is 0 Å². The molecule has 4 unspecified atom stereocenters. The van der Waals surface area contributed by atoms with E-state index in [4.69, 9.17) is 16.3 Å². The van der Waals surface area contributed by atoms with Crippen LogP contribution in [0.3, 0.4) is 0 Å². The first kappa shape index (κ1) is 23.0. The summed E-state index contributed by atoms with van der Waals surface area (Å²) in [5.74, 6) is -1.66. The third-order valence-electron chi connectivity index (χ3n) is 6.45. The molecule has 7 nitrogen and oxygen atoms in total. The Bertz CT molecular complexity index is 1140. The fourth-order valence-corrected chi connectivity index (χ4v) is 7.85. The zero-order valence-electron chi connectivity index (χ0n) is 18.2. The first-order valence-corrected chi connectivity index (χ1v) is 12.5. The largest absolute Gasteiger partial charge is 0.495 e. The van der Waals surface area contributed by atoms with E-state index in [1.165, 1.54) is 11.4 Å². The van der Waals surface area contributed by atoms with Gasteiger partial charge in [0.15, 0.2) is 0 Å². The van der Waals surface area contributed by atoms with Crippen molar-refractivity contribution in [1.29, 1.82) is 0 Å². The molecule has 0 bridgehead atoms. The standard InChI is InChI=1S/C23H27ClN2O5S/c1-13-11-25-12-14(2)26(13)32(29,30)22-17-6-4-5-16(18(17)10-19(22)23(27)28)15-7-8-20(24)21(9-15)31-3/h4-9,13-14,19,22,25H,10-12H2,1-3H3,(H,27,28). The summed E-state index contributed by atoms with van der Waals surface area (Å²) < 4.78 is 34.6. The highest BCUT2D eigenvalue weighted by Gasteiger charge is 2.50. The fraction of sp³-hybridized carbons (Fsp3) is 0.435. The van der Waals surface area contributed by atoms with Crippen molar-refractivity contribution in [1.82, 2.24) is 9.62 Å². The molecule has 0 saturated carbocycles. The molecule has 32 heavy (non-hydrogen) atoms. The Labute approximate surface area is 193 Å². The second-order valence-corrected chi connectivity index (χ2v) is 10.9. The zero-order chi connectivity index (χ0) is 23.2. The van der Waals surface area contributed by atoms with Crippen LogP contribution in [-0.4, -0.2) is 56.1 Å². The summed E-state index contributed by atoms with van der Waals surface area (Å²) >= 11 is 6.17. The summed E-state index contributed by atoms with van der Waals surface area (Å²) in [5, 5.41) is 12.6. The number of methoxy groups -OCH3 is 1. The van der Waals surface area contributed by atoms with Crippen LogP contribution in [0.1, 0.15) is 30.2 Å². The van der Waals surface area contributed by atoms with Gasteiger partial charge in [-0.05, 0) is 54.7 Å². The van der Waals surface area contributed by atoms with Gasteiger partial charge in [0.05, 0.1) is 18.1 Å². The number of fused-ring (bicyclic) bond motifs is 1. The summed E-state index contributed by atoms with van der Waals surface area (Å²) in [7, 11) is -2.39. The molecule has 4 atom stereocenters. The maximum atomic E-state index is 13.9. The maximum Gasteiger partial charge on any atom is 0.308 e. The maximum absolute atomic E-state index is 13.9. The third-order valence-corrected chi connectivity index (χ3v) is 9.29. The van der Waals surface area contributed by atoms with E-state index in [1.807, 2.05) is 26.0 Å². The Morgan fingerprint density at radius 2 is 1.88 bits per heavy atom. The Kier molecular flexibility index (Phi) is 6.24. The van der Waals surface area contributed by atoms with Crippen molar-refractivity contribution in [3.05, 3.63) is 52.5 Å². The molecule has 2 N–H and O–H groups in total. The predicted octanol–water partition coefficient (Wildman–Crippen LogP) is 3.33. The average molecular weight is 479 g/mol. The number of nitrogens with one attached hydrogen (secondary N) is 1. The molecule has 2 aliphatic rings. The van der Waals surface area contributed by atoms with Gasteiger partial charge in [0.25, 0.3) is 0 Å². The number of hydrogen-bond donors (Lipinski definition) is 2. The first-order valence-electron chi connectivity index (χ1n) is 10.6. The Balaban J connectivity index is 1.85. The van der Waals surface area contributed by atoms with E-state index in [1.54, 1.807) is 24.3 Å². The zero-order valence-corrected chi connectivity index (χ0v) is 19.8. The number of rotatable bonds is 5. The van der Waals surface area contributed by atoms with E-state index < -0.39 is 27.2 Å². The van der Waals surface area contributed by atoms with Gasteiger partial charge >= 0.3 is 5.97 Å². The van der Waals surface area contributed by atoms with Crippen LogP contribution in [-0.2, 0) is 21.2 Å². The van der Waals surface area contributed by atoms with Crippen molar-refractivity contribution in [2.45, 2.75) is 37.6 Å². The van der Waals surface area contributed by atoms with Gasteiger partial charge in [0.2, 0.25) is 10.0 Å². The highest BCUT2D eigenvalue weighted by molar-refractivity contribution is 7.89. The predicted molar refractivity (Wildman–Crippen MR) is 124 cm³/mol. The number of carboxylic acids is 1. The van der Waals surface area contributed by atoms with E-state index in [0.29, 0.717) is 29.4 Å². The molecule has 1 saturated heterocycles. The van der Waals surface area contributed by atoms with Crippen LogP contribution in [0, 0.1) is 5.92 Å². The van der Waals surface area contributed by atoms with Crippen LogP contribution in [0.2, 0.25) is 5.02 Å². The van der Waals surface area contributed by atoms with Crippen LogP contribution < -0.4 is 10.1 Å². The summed E-state index contributed by atoms with van der Waals surface area (Å²) in [5.41, 5.74) is 2.90. The smallest absolute Gasteiger partial charge is 0.308 e. The summed E-state index contributed by atoms with van der Waals surface area (Å²) in [6.07, 6.45) is 0.143. The van der Waals surface area contributed by atoms with Crippen LogP contribution >= 0.6 is 11.6 Å². The lowest BCUT2D eigenvalue weighted by atomic mass is 9.96. The van der Waals surface area contributed by atoms with E-state index in [2.05, 4.69) is 5.32 Å².